The Hall–Kier alpha value is -1.30. The van der Waals surface area contributed by atoms with E-state index in [-0.39, 0.29) is 18.5 Å². The minimum atomic E-state index is -0.887. The van der Waals surface area contributed by atoms with Crippen LogP contribution >= 0.6 is 0 Å². The summed E-state index contributed by atoms with van der Waals surface area (Å²) in [7, 11) is 0. The van der Waals surface area contributed by atoms with E-state index in [0.717, 1.165) is 26.1 Å². The molecule has 0 rings (SSSR count). The van der Waals surface area contributed by atoms with Gasteiger partial charge in [-0.3, -0.25) is 4.79 Å². The van der Waals surface area contributed by atoms with Crippen LogP contribution in [-0.2, 0) is 4.79 Å². The first-order chi connectivity index (χ1) is 9.03. The van der Waals surface area contributed by atoms with E-state index in [9.17, 15) is 9.59 Å². The van der Waals surface area contributed by atoms with Crippen molar-refractivity contribution in [3.8, 4) is 0 Å². The van der Waals surface area contributed by atoms with Crippen LogP contribution in [0.2, 0.25) is 0 Å². The third-order valence-corrected chi connectivity index (χ3v) is 3.00. The van der Waals surface area contributed by atoms with Crippen molar-refractivity contribution in [2.24, 2.45) is 0 Å². The quantitative estimate of drug-likeness (QED) is 0.560. The molecule has 0 saturated carbocycles. The van der Waals surface area contributed by atoms with Crippen molar-refractivity contribution in [2.75, 3.05) is 26.2 Å². The summed E-state index contributed by atoms with van der Waals surface area (Å²) >= 11 is 0. The number of rotatable bonds is 10. The normalized spacial score (nSPS) is 12.2. The van der Waals surface area contributed by atoms with Crippen molar-refractivity contribution in [3.63, 3.8) is 0 Å². The van der Waals surface area contributed by atoms with Crippen LogP contribution in [0.4, 0.5) is 4.79 Å². The first kappa shape index (κ1) is 17.7. The van der Waals surface area contributed by atoms with Crippen LogP contribution in [0.15, 0.2) is 0 Å². The van der Waals surface area contributed by atoms with Gasteiger partial charge in [0, 0.05) is 19.1 Å². The van der Waals surface area contributed by atoms with Crippen LogP contribution in [0.1, 0.15) is 40.0 Å². The molecule has 0 saturated heterocycles. The van der Waals surface area contributed by atoms with Crippen molar-refractivity contribution < 1.29 is 14.7 Å². The second kappa shape index (κ2) is 10.6. The van der Waals surface area contributed by atoms with Gasteiger partial charge in [-0.05, 0) is 19.5 Å². The van der Waals surface area contributed by atoms with Crippen LogP contribution in [0.5, 0.6) is 0 Å². The van der Waals surface area contributed by atoms with Gasteiger partial charge in [-0.25, -0.2) is 4.79 Å². The Morgan fingerprint density at radius 1 is 1.21 bits per heavy atom. The molecule has 1 atom stereocenters. The fourth-order valence-electron chi connectivity index (χ4n) is 1.89. The molecule has 0 aromatic heterocycles. The molecule has 6 nitrogen and oxygen atoms in total. The van der Waals surface area contributed by atoms with E-state index in [2.05, 4.69) is 29.4 Å². The number of likely N-dealkylation sites (N-methyl/N-ethyl adjacent to an activating group) is 1. The van der Waals surface area contributed by atoms with Crippen LogP contribution in [-0.4, -0.2) is 54.2 Å². The molecule has 0 spiro atoms. The maximum absolute atomic E-state index is 11.6. The van der Waals surface area contributed by atoms with Gasteiger partial charge < -0.3 is 20.6 Å². The van der Waals surface area contributed by atoms with Crippen molar-refractivity contribution >= 4 is 12.0 Å². The summed E-state index contributed by atoms with van der Waals surface area (Å²) in [6.07, 6.45) is 1.49. The molecule has 0 aliphatic carbocycles. The molecule has 0 aliphatic heterocycles. The molecular formula is C13H27N3O3. The van der Waals surface area contributed by atoms with E-state index in [0.29, 0.717) is 13.0 Å². The predicted octanol–water partition coefficient (Wildman–Crippen LogP) is 1.27. The number of nitrogens with zero attached hydrogens (tertiary/aromatic N) is 1. The lowest BCUT2D eigenvalue weighted by molar-refractivity contribution is -0.137. The van der Waals surface area contributed by atoms with E-state index >= 15 is 0 Å². The minimum Gasteiger partial charge on any atom is -0.481 e. The maximum atomic E-state index is 11.6. The molecule has 1 unspecified atom stereocenters. The summed E-state index contributed by atoms with van der Waals surface area (Å²) in [5.74, 6) is -0.887. The average molecular weight is 273 g/mol. The fraction of sp³-hybridized carbons (Fsp3) is 0.846. The van der Waals surface area contributed by atoms with Gasteiger partial charge in [-0.2, -0.15) is 0 Å². The van der Waals surface area contributed by atoms with Gasteiger partial charge in [0.15, 0.2) is 0 Å². The molecule has 0 aromatic carbocycles. The van der Waals surface area contributed by atoms with Gasteiger partial charge in [0.2, 0.25) is 0 Å². The number of carboxylic acid groups (broad SMARTS) is 1. The third-order valence-electron chi connectivity index (χ3n) is 3.00. The van der Waals surface area contributed by atoms with Crippen molar-refractivity contribution in [3.05, 3.63) is 0 Å². The van der Waals surface area contributed by atoms with Crippen molar-refractivity contribution in [1.29, 1.82) is 0 Å². The average Bonchev–Trinajstić information content (AvgIpc) is 2.34. The Balaban J connectivity index is 3.95. The van der Waals surface area contributed by atoms with Crippen LogP contribution in [0.25, 0.3) is 0 Å². The number of aliphatic carboxylic acids is 1. The van der Waals surface area contributed by atoms with Crippen molar-refractivity contribution in [1.82, 2.24) is 15.5 Å². The first-order valence-corrected chi connectivity index (χ1v) is 7.01. The molecular weight excluding hydrogens is 246 g/mol. The van der Waals surface area contributed by atoms with E-state index in [1.54, 1.807) is 0 Å². The Morgan fingerprint density at radius 2 is 1.84 bits per heavy atom. The van der Waals surface area contributed by atoms with E-state index in [1.807, 2.05) is 6.92 Å². The van der Waals surface area contributed by atoms with Gasteiger partial charge in [0.1, 0.15) is 0 Å². The SMILES string of the molecule is CCCC(CC(=O)O)NC(=O)NCCN(CC)CC. The summed E-state index contributed by atoms with van der Waals surface area (Å²) in [6.45, 7) is 9.40. The van der Waals surface area contributed by atoms with Gasteiger partial charge >= 0.3 is 12.0 Å². The second-order valence-corrected chi connectivity index (χ2v) is 4.51. The zero-order valence-corrected chi connectivity index (χ0v) is 12.2. The van der Waals surface area contributed by atoms with Crippen LogP contribution in [0, 0.1) is 0 Å². The molecule has 0 fully saturated rings. The molecule has 0 heterocycles. The topological polar surface area (TPSA) is 81.7 Å². The molecule has 0 aliphatic rings. The number of carboxylic acids is 1. The van der Waals surface area contributed by atoms with Gasteiger partial charge in [0.05, 0.1) is 6.42 Å². The van der Waals surface area contributed by atoms with Gasteiger partial charge in [-0.1, -0.05) is 27.2 Å². The number of urea groups is 1. The second-order valence-electron chi connectivity index (χ2n) is 4.51. The Kier molecular flexibility index (Phi) is 9.88. The van der Waals surface area contributed by atoms with Crippen LogP contribution < -0.4 is 10.6 Å². The molecule has 112 valence electrons. The highest BCUT2D eigenvalue weighted by Gasteiger charge is 2.14. The Morgan fingerprint density at radius 3 is 2.32 bits per heavy atom. The lowest BCUT2D eigenvalue weighted by Gasteiger charge is -2.20. The predicted molar refractivity (Wildman–Crippen MR) is 75.3 cm³/mol. The number of amides is 2. The maximum Gasteiger partial charge on any atom is 0.315 e. The lowest BCUT2D eigenvalue weighted by atomic mass is 10.1. The van der Waals surface area contributed by atoms with E-state index in [1.165, 1.54) is 0 Å². The lowest BCUT2D eigenvalue weighted by Crippen LogP contribution is -2.45. The van der Waals surface area contributed by atoms with Crippen molar-refractivity contribution in [2.45, 2.75) is 46.1 Å². The molecule has 19 heavy (non-hydrogen) atoms. The molecule has 6 heteroatoms. The molecule has 0 radical (unpaired) electrons. The highest BCUT2D eigenvalue weighted by molar-refractivity contribution is 5.75. The Bertz CT molecular complexity index is 268. The number of carbonyl (C=O) groups is 2. The van der Waals surface area contributed by atoms with Crippen LogP contribution in [0.3, 0.4) is 0 Å². The molecule has 0 bridgehead atoms. The highest BCUT2D eigenvalue weighted by Crippen LogP contribution is 2.01. The number of hydrogen-bond donors (Lipinski definition) is 3. The molecule has 0 aromatic rings. The standard InChI is InChI=1S/C13H27N3O3/c1-4-7-11(10-12(17)18)15-13(19)14-8-9-16(5-2)6-3/h11H,4-10H2,1-3H3,(H,17,18)(H2,14,15,19). The zero-order chi connectivity index (χ0) is 14.7. The first-order valence-electron chi connectivity index (χ1n) is 7.01. The van der Waals surface area contributed by atoms with E-state index < -0.39 is 5.97 Å². The zero-order valence-electron chi connectivity index (χ0n) is 12.2. The molecule has 2 amide bonds. The number of hydrogen-bond acceptors (Lipinski definition) is 3. The van der Waals surface area contributed by atoms with Gasteiger partial charge in [0.25, 0.3) is 0 Å². The van der Waals surface area contributed by atoms with Gasteiger partial charge in [-0.15, -0.1) is 0 Å². The largest absolute Gasteiger partial charge is 0.481 e. The fourth-order valence-corrected chi connectivity index (χ4v) is 1.89. The summed E-state index contributed by atoms with van der Waals surface area (Å²) in [5, 5.41) is 14.2. The smallest absolute Gasteiger partial charge is 0.315 e. The summed E-state index contributed by atoms with van der Waals surface area (Å²) in [4.78, 5) is 24.5. The minimum absolute atomic E-state index is 0.0305. The number of carbonyl (C=O) groups excluding carboxylic acids is 1. The highest BCUT2D eigenvalue weighted by atomic mass is 16.4. The molecule has 3 N–H and O–H groups in total. The Labute approximate surface area is 115 Å². The van der Waals surface area contributed by atoms with E-state index in [4.69, 9.17) is 5.11 Å². The monoisotopic (exact) mass is 273 g/mol. The summed E-state index contributed by atoms with van der Waals surface area (Å²) in [6, 6.07) is -0.581. The summed E-state index contributed by atoms with van der Waals surface area (Å²) < 4.78 is 0. The number of nitrogens with one attached hydrogen (secondary N) is 2. The third kappa shape index (κ3) is 9.30. The summed E-state index contributed by atoms with van der Waals surface area (Å²) in [5.41, 5.74) is 0.